The number of aromatic nitrogens is 6. The molecule has 6 heteroatoms. The van der Waals surface area contributed by atoms with Gasteiger partial charge < -0.3 is 0 Å². The Kier molecular flexibility index (Phi) is 6.03. The summed E-state index contributed by atoms with van der Waals surface area (Å²) in [6, 6.07) is 45.0. The van der Waals surface area contributed by atoms with E-state index in [9.17, 15) is 0 Å². The van der Waals surface area contributed by atoms with Crippen molar-refractivity contribution in [1.29, 1.82) is 0 Å². The maximum atomic E-state index is 5.42. The van der Waals surface area contributed by atoms with E-state index in [4.69, 9.17) is 24.9 Å². The van der Waals surface area contributed by atoms with E-state index in [0.717, 1.165) is 88.9 Å². The molecule has 0 atom stereocenters. The third-order valence-corrected chi connectivity index (χ3v) is 8.31. The van der Waals surface area contributed by atoms with Crippen LogP contribution in [0.25, 0.3) is 88.9 Å². The van der Waals surface area contributed by atoms with Gasteiger partial charge in [0.15, 0.2) is 0 Å². The van der Waals surface area contributed by atoms with E-state index in [1.807, 2.05) is 84.9 Å². The monoisotopic (exact) mass is 588 g/mol. The molecule has 0 spiro atoms. The molecule has 0 N–H and O–H groups in total. The standard InChI is InChI=1S/C40H24N6/c1-5-13-25(14-6-1)33-37-29(41-21-22-42-37)23-30-38(33)46-39-31(43-30)24-32-40(34(39)26-15-7-2-8-16-26)45-36(28-19-11-4-12-20-28)35(44-32)27-17-9-3-10-18-27/h1-24H. The molecule has 3 aromatic heterocycles. The highest BCUT2D eigenvalue weighted by molar-refractivity contribution is 6.13. The molecule has 0 fully saturated rings. The van der Waals surface area contributed by atoms with Crippen molar-refractivity contribution < 1.29 is 0 Å². The molecule has 0 aliphatic heterocycles. The van der Waals surface area contributed by atoms with Crippen molar-refractivity contribution in [2.24, 2.45) is 0 Å². The summed E-state index contributed by atoms with van der Waals surface area (Å²) in [7, 11) is 0. The van der Waals surface area contributed by atoms with Crippen molar-refractivity contribution in [2.45, 2.75) is 0 Å². The number of fused-ring (bicyclic) bond motifs is 4. The minimum atomic E-state index is 0.738. The van der Waals surface area contributed by atoms with Gasteiger partial charge >= 0.3 is 0 Å². The topological polar surface area (TPSA) is 77.3 Å². The van der Waals surface area contributed by atoms with Crippen molar-refractivity contribution in [2.75, 3.05) is 0 Å². The third-order valence-electron chi connectivity index (χ3n) is 8.31. The predicted molar refractivity (Wildman–Crippen MR) is 185 cm³/mol. The zero-order valence-electron chi connectivity index (χ0n) is 24.5. The Morgan fingerprint density at radius 1 is 0.304 bits per heavy atom. The van der Waals surface area contributed by atoms with Crippen LogP contribution in [0.2, 0.25) is 0 Å². The van der Waals surface area contributed by atoms with E-state index in [1.54, 1.807) is 12.4 Å². The Morgan fingerprint density at radius 3 is 1.28 bits per heavy atom. The van der Waals surface area contributed by atoms with Gasteiger partial charge in [-0.15, -0.1) is 0 Å². The lowest BCUT2D eigenvalue weighted by Crippen LogP contribution is -2.00. The van der Waals surface area contributed by atoms with Gasteiger partial charge in [-0.25, -0.2) is 19.9 Å². The molecule has 0 saturated heterocycles. The maximum absolute atomic E-state index is 5.42. The van der Waals surface area contributed by atoms with Gasteiger partial charge in [-0.3, -0.25) is 9.97 Å². The molecule has 9 rings (SSSR count). The van der Waals surface area contributed by atoms with E-state index >= 15 is 0 Å². The molecule has 0 unspecified atom stereocenters. The second-order valence-electron chi connectivity index (χ2n) is 11.1. The van der Waals surface area contributed by atoms with E-state index in [1.165, 1.54) is 0 Å². The van der Waals surface area contributed by atoms with Crippen molar-refractivity contribution in [3.05, 3.63) is 146 Å². The lowest BCUT2D eigenvalue weighted by atomic mass is 9.98. The number of benzene rings is 6. The third kappa shape index (κ3) is 4.27. The number of nitrogens with zero attached hydrogens (tertiary/aromatic N) is 6. The highest BCUT2D eigenvalue weighted by Crippen LogP contribution is 2.40. The van der Waals surface area contributed by atoms with Crippen molar-refractivity contribution in [3.63, 3.8) is 0 Å². The molecule has 9 aromatic rings. The predicted octanol–water partition coefficient (Wildman–Crippen LogP) is 9.34. The molecule has 0 saturated carbocycles. The van der Waals surface area contributed by atoms with Gasteiger partial charge in [0.2, 0.25) is 0 Å². The Labute approximate surface area is 264 Å². The number of rotatable bonds is 4. The van der Waals surface area contributed by atoms with Gasteiger partial charge in [0, 0.05) is 34.6 Å². The van der Waals surface area contributed by atoms with Crippen molar-refractivity contribution in [3.8, 4) is 44.8 Å². The fraction of sp³-hybridized carbons (Fsp3) is 0. The van der Waals surface area contributed by atoms with Gasteiger partial charge in [-0.1, -0.05) is 121 Å². The lowest BCUT2D eigenvalue weighted by molar-refractivity contribution is 1.28. The average Bonchev–Trinajstić information content (AvgIpc) is 3.13. The summed E-state index contributed by atoms with van der Waals surface area (Å²) in [4.78, 5) is 30.8. The molecule has 46 heavy (non-hydrogen) atoms. The quantitative estimate of drug-likeness (QED) is 0.191. The summed E-state index contributed by atoms with van der Waals surface area (Å²) < 4.78 is 0. The van der Waals surface area contributed by atoms with Crippen LogP contribution < -0.4 is 0 Å². The van der Waals surface area contributed by atoms with Gasteiger partial charge in [0.25, 0.3) is 0 Å². The molecule has 214 valence electrons. The number of hydrogen-bond donors (Lipinski definition) is 0. The van der Waals surface area contributed by atoms with Gasteiger partial charge in [0.05, 0.1) is 55.5 Å². The van der Waals surface area contributed by atoms with Crippen LogP contribution in [0.4, 0.5) is 0 Å². The summed E-state index contributed by atoms with van der Waals surface area (Å²) in [6.07, 6.45) is 3.44. The summed E-state index contributed by atoms with van der Waals surface area (Å²) in [5, 5.41) is 0. The molecule has 6 aromatic carbocycles. The first-order chi connectivity index (χ1) is 22.8. The molecule has 0 amide bonds. The Morgan fingerprint density at radius 2 is 0.717 bits per heavy atom. The van der Waals surface area contributed by atoms with Crippen LogP contribution in [0, 0.1) is 0 Å². The molecule has 3 heterocycles. The van der Waals surface area contributed by atoms with Crippen LogP contribution in [0.15, 0.2) is 146 Å². The molecule has 0 aliphatic carbocycles. The van der Waals surface area contributed by atoms with Gasteiger partial charge in [-0.2, -0.15) is 0 Å². The molecule has 0 bridgehead atoms. The first-order valence-electron chi connectivity index (χ1n) is 15.1. The smallest absolute Gasteiger partial charge is 0.0996 e. The minimum Gasteiger partial charge on any atom is -0.253 e. The Bertz CT molecular complexity index is 2560. The highest BCUT2D eigenvalue weighted by Gasteiger charge is 2.22. The normalized spacial score (nSPS) is 11.5. The average molecular weight is 589 g/mol. The molecule has 0 radical (unpaired) electrons. The summed E-state index contributed by atoms with van der Waals surface area (Å²) in [5.41, 5.74) is 13.5. The molecular weight excluding hydrogens is 564 g/mol. The summed E-state index contributed by atoms with van der Waals surface area (Å²) in [5.74, 6) is 0. The molecule has 0 aliphatic rings. The first kappa shape index (κ1) is 26.0. The largest absolute Gasteiger partial charge is 0.253 e. The zero-order valence-corrected chi connectivity index (χ0v) is 24.5. The van der Waals surface area contributed by atoms with E-state index in [0.29, 0.717) is 0 Å². The first-order valence-corrected chi connectivity index (χ1v) is 15.1. The SMILES string of the molecule is c1ccc(-c2nc3cc4nc5cc6nccnc6c(-c6ccccc6)c5nc4c(-c4ccccc4)c3nc2-c2ccccc2)cc1. The molecular formula is C40H24N6. The van der Waals surface area contributed by atoms with Crippen LogP contribution in [-0.2, 0) is 0 Å². The second kappa shape index (κ2) is 10.6. The Hall–Kier alpha value is -6.40. The lowest BCUT2D eigenvalue weighted by Gasteiger charge is -2.16. The van der Waals surface area contributed by atoms with Crippen LogP contribution in [0.5, 0.6) is 0 Å². The highest BCUT2D eigenvalue weighted by atomic mass is 14.9. The van der Waals surface area contributed by atoms with E-state index in [-0.39, 0.29) is 0 Å². The minimum absolute atomic E-state index is 0.738. The fourth-order valence-corrected chi connectivity index (χ4v) is 6.25. The summed E-state index contributed by atoms with van der Waals surface area (Å²) >= 11 is 0. The number of hydrogen-bond acceptors (Lipinski definition) is 6. The Balaban J connectivity index is 1.45. The van der Waals surface area contributed by atoms with E-state index < -0.39 is 0 Å². The molecule has 6 nitrogen and oxygen atoms in total. The summed E-state index contributed by atoms with van der Waals surface area (Å²) in [6.45, 7) is 0. The second-order valence-corrected chi connectivity index (χ2v) is 11.1. The maximum Gasteiger partial charge on any atom is 0.0996 e. The fourth-order valence-electron chi connectivity index (χ4n) is 6.25. The van der Waals surface area contributed by atoms with Crippen LogP contribution in [0.1, 0.15) is 0 Å². The van der Waals surface area contributed by atoms with E-state index in [2.05, 4.69) is 53.5 Å². The van der Waals surface area contributed by atoms with Crippen molar-refractivity contribution >= 4 is 44.1 Å². The van der Waals surface area contributed by atoms with Gasteiger partial charge in [0.1, 0.15) is 0 Å². The van der Waals surface area contributed by atoms with Gasteiger partial charge in [-0.05, 0) is 23.3 Å². The van der Waals surface area contributed by atoms with Crippen LogP contribution >= 0.6 is 0 Å². The van der Waals surface area contributed by atoms with Crippen LogP contribution in [-0.4, -0.2) is 29.9 Å². The van der Waals surface area contributed by atoms with Crippen LogP contribution in [0.3, 0.4) is 0 Å². The van der Waals surface area contributed by atoms with Crippen molar-refractivity contribution in [1.82, 2.24) is 29.9 Å². The zero-order chi connectivity index (χ0) is 30.5.